The van der Waals surface area contributed by atoms with Crippen molar-refractivity contribution in [3.8, 4) is 5.75 Å². The van der Waals surface area contributed by atoms with E-state index in [2.05, 4.69) is 31.9 Å². The van der Waals surface area contributed by atoms with Crippen molar-refractivity contribution in [2.24, 2.45) is 0 Å². The van der Waals surface area contributed by atoms with Crippen LogP contribution < -0.4 is 4.74 Å². The standard InChI is InChI=1S/C10H11Br2ClO/c11-5-1-2-6-14-10-7-8(12)3-4-9(10)13/h3-4,7H,1-2,5-6H2. The van der Waals surface area contributed by atoms with E-state index in [0.29, 0.717) is 11.6 Å². The first-order valence-electron chi connectivity index (χ1n) is 4.38. The zero-order valence-electron chi connectivity index (χ0n) is 7.60. The summed E-state index contributed by atoms with van der Waals surface area (Å²) in [5.41, 5.74) is 0. The van der Waals surface area contributed by atoms with E-state index in [1.54, 1.807) is 0 Å². The highest BCUT2D eigenvalue weighted by atomic mass is 79.9. The molecule has 78 valence electrons. The zero-order chi connectivity index (χ0) is 10.4. The minimum atomic E-state index is 0.659. The molecule has 1 aromatic carbocycles. The van der Waals surface area contributed by atoms with Gasteiger partial charge >= 0.3 is 0 Å². The molecular weight excluding hydrogens is 331 g/mol. The lowest BCUT2D eigenvalue weighted by atomic mass is 10.3. The molecule has 0 heterocycles. The number of halogens is 3. The van der Waals surface area contributed by atoms with E-state index in [1.807, 2.05) is 18.2 Å². The van der Waals surface area contributed by atoms with Gasteiger partial charge in [-0.15, -0.1) is 0 Å². The molecule has 0 saturated heterocycles. The van der Waals surface area contributed by atoms with Gasteiger partial charge < -0.3 is 4.74 Å². The van der Waals surface area contributed by atoms with E-state index in [9.17, 15) is 0 Å². The molecule has 0 saturated carbocycles. The van der Waals surface area contributed by atoms with Gasteiger partial charge in [-0.2, -0.15) is 0 Å². The van der Waals surface area contributed by atoms with Crippen LogP contribution in [0.15, 0.2) is 22.7 Å². The van der Waals surface area contributed by atoms with Crippen molar-refractivity contribution in [2.75, 3.05) is 11.9 Å². The number of alkyl halides is 1. The average Bonchev–Trinajstić information content (AvgIpc) is 2.18. The Kier molecular flexibility index (Phi) is 5.90. The fourth-order valence-corrected chi connectivity index (χ4v) is 1.88. The van der Waals surface area contributed by atoms with Crippen LogP contribution in [0.25, 0.3) is 0 Å². The third-order valence-corrected chi connectivity index (χ3v) is 3.05. The predicted octanol–water partition coefficient (Wildman–Crippen LogP) is 4.66. The summed E-state index contributed by atoms with van der Waals surface area (Å²) in [6.45, 7) is 0.710. The molecule has 0 N–H and O–H groups in total. The number of hydrogen-bond donors (Lipinski definition) is 0. The summed E-state index contributed by atoms with van der Waals surface area (Å²) in [5.74, 6) is 0.746. The summed E-state index contributed by atoms with van der Waals surface area (Å²) in [6, 6.07) is 5.61. The Bertz CT molecular complexity index is 291. The molecule has 0 aromatic heterocycles. The Labute approximate surface area is 106 Å². The topological polar surface area (TPSA) is 9.23 Å². The number of rotatable bonds is 5. The van der Waals surface area contributed by atoms with Gasteiger partial charge in [0, 0.05) is 9.80 Å². The van der Waals surface area contributed by atoms with Gasteiger partial charge in [0.25, 0.3) is 0 Å². The molecule has 0 spiro atoms. The molecular formula is C10H11Br2ClO. The molecule has 0 bridgehead atoms. The Hall–Kier alpha value is 0.270. The van der Waals surface area contributed by atoms with Gasteiger partial charge in [0.2, 0.25) is 0 Å². The first kappa shape index (κ1) is 12.3. The smallest absolute Gasteiger partial charge is 0.139 e. The maximum atomic E-state index is 5.95. The molecule has 4 heteroatoms. The molecule has 0 aliphatic carbocycles. The summed E-state index contributed by atoms with van der Waals surface area (Å²) >= 11 is 12.7. The van der Waals surface area contributed by atoms with Crippen LogP contribution in [0.5, 0.6) is 5.75 Å². The summed E-state index contributed by atoms with van der Waals surface area (Å²) in [6.07, 6.45) is 2.15. The number of unbranched alkanes of at least 4 members (excludes halogenated alkanes) is 1. The second-order valence-corrected chi connectivity index (χ2v) is 4.94. The summed E-state index contributed by atoms with van der Waals surface area (Å²) in [4.78, 5) is 0. The fraction of sp³-hybridized carbons (Fsp3) is 0.400. The molecule has 0 fully saturated rings. The minimum absolute atomic E-state index is 0.659. The number of ether oxygens (including phenoxy) is 1. The largest absolute Gasteiger partial charge is 0.492 e. The average molecular weight is 342 g/mol. The summed E-state index contributed by atoms with van der Waals surface area (Å²) in [7, 11) is 0. The Morgan fingerprint density at radius 2 is 2.07 bits per heavy atom. The second kappa shape index (κ2) is 6.70. The minimum Gasteiger partial charge on any atom is -0.492 e. The van der Waals surface area contributed by atoms with Crippen LogP contribution in [-0.4, -0.2) is 11.9 Å². The van der Waals surface area contributed by atoms with Crippen LogP contribution in [0.3, 0.4) is 0 Å². The highest BCUT2D eigenvalue weighted by Gasteiger charge is 2.01. The lowest BCUT2D eigenvalue weighted by Gasteiger charge is -2.07. The van der Waals surface area contributed by atoms with E-state index in [0.717, 1.165) is 28.4 Å². The molecule has 1 rings (SSSR count). The normalized spacial score (nSPS) is 10.2. The Morgan fingerprint density at radius 1 is 1.29 bits per heavy atom. The van der Waals surface area contributed by atoms with E-state index in [-0.39, 0.29) is 0 Å². The Morgan fingerprint density at radius 3 is 2.79 bits per heavy atom. The molecule has 0 aliphatic rings. The quantitative estimate of drug-likeness (QED) is 0.559. The van der Waals surface area contributed by atoms with Crippen LogP contribution in [0.4, 0.5) is 0 Å². The van der Waals surface area contributed by atoms with Crippen molar-refractivity contribution in [2.45, 2.75) is 12.8 Å². The lowest BCUT2D eigenvalue weighted by molar-refractivity contribution is 0.310. The van der Waals surface area contributed by atoms with Crippen LogP contribution in [0, 0.1) is 0 Å². The van der Waals surface area contributed by atoms with Gasteiger partial charge in [-0.1, -0.05) is 43.5 Å². The molecule has 1 aromatic rings. The second-order valence-electron chi connectivity index (χ2n) is 2.82. The van der Waals surface area contributed by atoms with Crippen LogP contribution >= 0.6 is 43.5 Å². The first-order chi connectivity index (χ1) is 6.74. The maximum absolute atomic E-state index is 5.95. The van der Waals surface area contributed by atoms with Crippen molar-refractivity contribution in [3.05, 3.63) is 27.7 Å². The SMILES string of the molecule is Clc1ccc(Br)cc1OCCCCBr. The van der Waals surface area contributed by atoms with Gasteiger partial charge in [-0.05, 0) is 31.0 Å². The van der Waals surface area contributed by atoms with Gasteiger partial charge in [0.05, 0.1) is 11.6 Å². The fourth-order valence-electron chi connectivity index (χ4n) is 0.966. The molecule has 0 unspecified atom stereocenters. The van der Waals surface area contributed by atoms with E-state index in [4.69, 9.17) is 16.3 Å². The van der Waals surface area contributed by atoms with Crippen molar-refractivity contribution >= 4 is 43.5 Å². The molecule has 0 atom stereocenters. The lowest BCUT2D eigenvalue weighted by Crippen LogP contribution is -1.97. The Balaban J connectivity index is 2.45. The van der Waals surface area contributed by atoms with E-state index >= 15 is 0 Å². The van der Waals surface area contributed by atoms with Crippen molar-refractivity contribution < 1.29 is 4.74 Å². The van der Waals surface area contributed by atoms with Gasteiger partial charge in [-0.25, -0.2) is 0 Å². The number of benzene rings is 1. The van der Waals surface area contributed by atoms with Crippen LogP contribution in [-0.2, 0) is 0 Å². The molecule has 14 heavy (non-hydrogen) atoms. The zero-order valence-corrected chi connectivity index (χ0v) is 11.5. The molecule has 0 radical (unpaired) electrons. The van der Waals surface area contributed by atoms with Gasteiger partial charge in [0.1, 0.15) is 5.75 Å². The van der Waals surface area contributed by atoms with Gasteiger partial charge in [0.15, 0.2) is 0 Å². The van der Waals surface area contributed by atoms with Crippen molar-refractivity contribution in [3.63, 3.8) is 0 Å². The molecule has 1 nitrogen and oxygen atoms in total. The van der Waals surface area contributed by atoms with Crippen molar-refractivity contribution in [1.82, 2.24) is 0 Å². The highest BCUT2D eigenvalue weighted by molar-refractivity contribution is 9.10. The monoisotopic (exact) mass is 340 g/mol. The van der Waals surface area contributed by atoms with Crippen molar-refractivity contribution in [1.29, 1.82) is 0 Å². The third-order valence-electron chi connectivity index (χ3n) is 1.68. The maximum Gasteiger partial charge on any atom is 0.139 e. The van der Waals surface area contributed by atoms with Crippen LogP contribution in [0.1, 0.15) is 12.8 Å². The van der Waals surface area contributed by atoms with Gasteiger partial charge in [-0.3, -0.25) is 0 Å². The number of hydrogen-bond acceptors (Lipinski definition) is 1. The van der Waals surface area contributed by atoms with E-state index in [1.165, 1.54) is 0 Å². The van der Waals surface area contributed by atoms with Crippen LogP contribution in [0.2, 0.25) is 5.02 Å². The van der Waals surface area contributed by atoms with E-state index < -0.39 is 0 Å². The third kappa shape index (κ3) is 4.20. The predicted molar refractivity (Wildman–Crippen MR) is 67.7 cm³/mol. The molecule has 0 amide bonds. The summed E-state index contributed by atoms with van der Waals surface area (Å²) in [5, 5.41) is 1.68. The summed E-state index contributed by atoms with van der Waals surface area (Å²) < 4.78 is 6.52. The highest BCUT2D eigenvalue weighted by Crippen LogP contribution is 2.27. The first-order valence-corrected chi connectivity index (χ1v) is 6.67. The molecule has 0 aliphatic heterocycles.